The molecule has 1 aliphatic rings. The molecule has 1 aromatic rings. The molecule has 7 heteroatoms. The molecule has 1 fully saturated rings. The number of likely N-dealkylation sites (tertiary alicyclic amines) is 1. The molecule has 0 spiro atoms. The number of piperidine rings is 1. The standard InChI is InChI=1S/C13H21N5O2/c1-3-15-12(19)9-4-6-18(7-5-9)13(20)11-10(14)8-16-17(11)2/h8-9H,3-7,14H2,1-2H3,(H,15,19). The number of rotatable bonds is 3. The molecule has 0 unspecified atom stereocenters. The van der Waals surface area contributed by atoms with Crippen molar-refractivity contribution in [3.8, 4) is 0 Å². The van der Waals surface area contributed by atoms with Crippen molar-refractivity contribution in [2.24, 2.45) is 13.0 Å². The smallest absolute Gasteiger partial charge is 0.274 e. The minimum absolute atomic E-state index is 0.00267. The molecule has 1 aromatic heterocycles. The van der Waals surface area contributed by atoms with Crippen LogP contribution in [0.2, 0.25) is 0 Å². The molecule has 0 saturated carbocycles. The van der Waals surface area contributed by atoms with Gasteiger partial charge in [-0.25, -0.2) is 0 Å². The van der Waals surface area contributed by atoms with Crippen LogP contribution in [0, 0.1) is 5.92 Å². The molecule has 1 aliphatic heterocycles. The van der Waals surface area contributed by atoms with Gasteiger partial charge in [-0.3, -0.25) is 14.3 Å². The minimum atomic E-state index is -0.114. The SMILES string of the molecule is CCNC(=O)C1CCN(C(=O)c2c(N)cnn2C)CC1. The van der Waals surface area contributed by atoms with Gasteiger partial charge in [-0.05, 0) is 19.8 Å². The number of nitrogens with zero attached hydrogens (tertiary/aromatic N) is 3. The van der Waals surface area contributed by atoms with E-state index in [0.717, 1.165) is 0 Å². The summed E-state index contributed by atoms with van der Waals surface area (Å²) in [5.74, 6) is -0.0284. The van der Waals surface area contributed by atoms with Gasteiger partial charge in [0.25, 0.3) is 5.91 Å². The lowest BCUT2D eigenvalue weighted by molar-refractivity contribution is -0.126. The lowest BCUT2D eigenvalue weighted by Gasteiger charge is -2.31. The summed E-state index contributed by atoms with van der Waals surface area (Å²) >= 11 is 0. The van der Waals surface area contributed by atoms with Crippen LogP contribution >= 0.6 is 0 Å². The Labute approximate surface area is 118 Å². The Morgan fingerprint density at radius 1 is 1.45 bits per heavy atom. The Morgan fingerprint density at radius 2 is 2.10 bits per heavy atom. The lowest BCUT2D eigenvalue weighted by atomic mass is 9.95. The van der Waals surface area contributed by atoms with Gasteiger partial charge in [0, 0.05) is 32.6 Å². The van der Waals surface area contributed by atoms with Gasteiger partial charge in [-0.2, -0.15) is 5.10 Å². The second-order valence-corrected chi connectivity index (χ2v) is 5.03. The van der Waals surface area contributed by atoms with Crippen molar-refractivity contribution in [1.29, 1.82) is 0 Å². The lowest BCUT2D eigenvalue weighted by Crippen LogP contribution is -2.43. The van der Waals surface area contributed by atoms with E-state index in [1.807, 2.05) is 6.92 Å². The largest absolute Gasteiger partial charge is 0.396 e. The highest BCUT2D eigenvalue weighted by molar-refractivity contribution is 5.97. The first-order valence-corrected chi connectivity index (χ1v) is 6.89. The number of nitrogen functional groups attached to an aromatic ring is 1. The number of nitrogens with one attached hydrogen (secondary N) is 1. The first-order chi connectivity index (χ1) is 9.54. The van der Waals surface area contributed by atoms with Crippen molar-refractivity contribution in [1.82, 2.24) is 20.0 Å². The second-order valence-electron chi connectivity index (χ2n) is 5.03. The van der Waals surface area contributed by atoms with Crippen molar-refractivity contribution >= 4 is 17.5 Å². The number of aromatic nitrogens is 2. The highest BCUT2D eigenvalue weighted by Crippen LogP contribution is 2.20. The molecule has 2 rings (SSSR count). The van der Waals surface area contributed by atoms with Crippen LogP contribution in [-0.4, -0.2) is 46.1 Å². The van der Waals surface area contributed by atoms with Crippen molar-refractivity contribution in [2.45, 2.75) is 19.8 Å². The maximum absolute atomic E-state index is 12.4. The molecular weight excluding hydrogens is 258 g/mol. The van der Waals surface area contributed by atoms with Gasteiger partial charge in [0.15, 0.2) is 0 Å². The molecule has 3 N–H and O–H groups in total. The predicted molar refractivity (Wildman–Crippen MR) is 74.9 cm³/mol. The Hall–Kier alpha value is -2.05. The number of aryl methyl sites for hydroxylation is 1. The number of anilines is 1. The van der Waals surface area contributed by atoms with Crippen LogP contribution in [0.4, 0.5) is 5.69 Å². The van der Waals surface area contributed by atoms with E-state index in [9.17, 15) is 9.59 Å². The average molecular weight is 279 g/mol. The van der Waals surface area contributed by atoms with Gasteiger partial charge in [0.05, 0.1) is 11.9 Å². The predicted octanol–water partition coefficient (Wildman–Crippen LogP) is -0.00940. The summed E-state index contributed by atoms with van der Waals surface area (Å²) in [6.07, 6.45) is 2.86. The Balaban J connectivity index is 1.97. The van der Waals surface area contributed by atoms with Crippen LogP contribution in [0.3, 0.4) is 0 Å². The van der Waals surface area contributed by atoms with E-state index in [-0.39, 0.29) is 17.7 Å². The van der Waals surface area contributed by atoms with E-state index in [2.05, 4.69) is 10.4 Å². The highest BCUT2D eigenvalue weighted by Gasteiger charge is 2.29. The van der Waals surface area contributed by atoms with Gasteiger partial charge < -0.3 is 16.0 Å². The third-order valence-electron chi connectivity index (χ3n) is 3.67. The normalized spacial score (nSPS) is 16.2. The van der Waals surface area contributed by atoms with Crippen molar-refractivity contribution < 1.29 is 9.59 Å². The topological polar surface area (TPSA) is 93.2 Å². The minimum Gasteiger partial charge on any atom is -0.396 e. The number of hydrogen-bond acceptors (Lipinski definition) is 4. The average Bonchev–Trinajstić information content (AvgIpc) is 2.78. The van der Waals surface area contributed by atoms with E-state index in [1.165, 1.54) is 10.9 Å². The molecule has 7 nitrogen and oxygen atoms in total. The second kappa shape index (κ2) is 5.94. The summed E-state index contributed by atoms with van der Waals surface area (Å²) in [7, 11) is 1.70. The quantitative estimate of drug-likeness (QED) is 0.814. The Kier molecular flexibility index (Phi) is 4.26. The molecule has 0 aromatic carbocycles. The number of nitrogens with two attached hydrogens (primary N) is 1. The third kappa shape index (κ3) is 2.76. The van der Waals surface area contributed by atoms with Crippen LogP contribution in [0.15, 0.2) is 6.20 Å². The molecule has 0 radical (unpaired) electrons. The zero-order chi connectivity index (χ0) is 14.7. The molecule has 0 atom stereocenters. The maximum Gasteiger partial charge on any atom is 0.274 e. The zero-order valence-corrected chi connectivity index (χ0v) is 11.9. The summed E-state index contributed by atoms with van der Waals surface area (Å²) in [5, 5.41) is 6.81. The van der Waals surface area contributed by atoms with E-state index >= 15 is 0 Å². The third-order valence-corrected chi connectivity index (χ3v) is 3.67. The highest BCUT2D eigenvalue weighted by atomic mass is 16.2. The summed E-state index contributed by atoms with van der Waals surface area (Å²) < 4.78 is 1.49. The molecule has 1 saturated heterocycles. The van der Waals surface area contributed by atoms with Crippen LogP contribution in [0.25, 0.3) is 0 Å². The maximum atomic E-state index is 12.4. The number of carbonyl (C=O) groups excluding carboxylic acids is 2. The number of carbonyl (C=O) groups is 2. The molecule has 0 aliphatic carbocycles. The van der Waals surface area contributed by atoms with Crippen molar-refractivity contribution in [3.63, 3.8) is 0 Å². The molecular formula is C13H21N5O2. The first-order valence-electron chi connectivity index (χ1n) is 6.89. The fourth-order valence-electron chi connectivity index (χ4n) is 2.53. The fourth-order valence-corrected chi connectivity index (χ4v) is 2.53. The van der Waals surface area contributed by atoms with Gasteiger partial charge in [0.2, 0.25) is 5.91 Å². The molecule has 2 heterocycles. The summed E-state index contributed by atoms with van der Waals surface area (Å²) in [6.45, 7) is 3.70. The van der Waals surface area contributed by atoms with Crippen LogP contribution in [0.1, 0.15) is 30.3 Å². The van der Waals surface area contributed by atoms with Gasteiger partial charge in [-0.15, -0.1) is 0 Å². The number of hydrogen-bond donors (Lipinski definition) is 2. The summed E-state index contributed by atoms with van der Waals surface area (Å²) in [5.41, 5.74) is 6.58. The Morgan fingerprint density at radius 3 is 2.60 bits per heavy atom. The van der Waals surface area contributed by atoms with Gasteiger partial charge in [-0.1, -0.05) is 0 Å². The fraction of sp³-hybridized carbons (Fsp3) is 0.615. The van der Waals surface area contributed by atoms with Crippen LogP contribution < -0.4 is 11.1 Å². The molecule has 2 amide bonds. The Bertz CT molecular complexity index is 483. The van der Waals surface area contributed by atoms with E-state index in [4.69, 9.17) is 5.73 Å². The van der Waals surface area contributed by atoms with Gasteiger partial charge in [0.1, 0.15) is 5.69 Å². The monoisotopic (exact) mass is 279 g/mol. The van der Waals surface area contributed by atoms with Crippen molar-refractivity contribution in [3.05, 3.63) is 11.9 Å². The summed E-state index contributed by atoms with van der Waals surface area (Å²) in [4.78, 5) is 25.9. The first kappa shape index (κ1) is 14.4. The van der Waals surface area contributed by atoms with E-state index in [1.54, 1.807) is 11.9 Å². The van der Waals surface area contributed by atoms with Gasteiger partial charge >= 0.3 is 0 Å². The van der Waals surface area contributed by atoms with Crippen molar-refractivity contribution in [2.75, 3.05) is 25.4 Å². The molecule has 0 bridgehead atoms. The number of amides is 2. The molecule has 20 heavy (non-hydrogen) atoms. The zero-order valence-electron chi connectivity index (χ0n) is 11.9. The summed E-state index contributed by atoms with van der Waals surface area (Å²) in [6, 6.07) is 0. The van der Waals surface area contributed by atoms with E-state index in [0.29, 0.717) is 43.9 Å². The molecule has 110 valence electrons. The van der Waals surface area contributed by atoms with E-state index < -0.39 is 0 Å². The van der Waals surface area contributed by atoms with Crippen LogP contribution in [-0.2, 0) is 11.8 Å². The van der Waals surface area contributed by atoms with Crippen LogP contribution in [0.5, 0.6) is 0 Å².